The van der Waals surface area contributed by atoms with Crippen molar-refractivity contribution in [1.82, 2.24) is 15.3 Å². The number of aryl methyl sites for hydroxylation is 1. The van der Waals surface area contributed by atoms with Gasteiger partial charge in [0, 0.05) is 30.9 Å². The van der Waals surface area contributed by atoms with Crippen molar-refractivity contribution < 1.29 is 9.21 Å². The van der Waals surface area contributed by atoms with Crippen LogP contribution in [0.25, 0.3) is 0 Å². The van der Waals surface area contributed by atoms with Crippen molar-refractivity contribution in [2.45, 2.75) is 25.8 Å². The van der Waals surface area contributed by atoms with E-state index in [9.17, 15) is 9.59 Å². The maximum Gasteiger partial charge on any atom is 0.287 e. The van der Waals surface area contributed by atoms with Crippen molar-refractivity contribution in [3.8, 4) is 0 Å². The van der Waals surface area contributed by atoms with Crippen LogP contribution in [0.1, 0.15) is 29.1 Å². The Kier molecular flexibility index (Phi) is 3.95. The molecule has 2 aromatic heterocycles. The predicted octanol–water partition coefficient (Wildman–Crippen LogP) is 1.07. The Balaban J connectivity index is 1.58. The monoisotopic (exact) mass is 302 g/mol. The first-order chi connectivity index (χ1) is 10.6. The first-order valence-electron chi connectivity index (χ1n) is 7.29. The largest absolute Gasteiger partial charge is 0.459 e. The number of hydrogen-bond donors (Lipinski definition) is 2. The molecule has 0 bridgehead atoms. The lowest BCUT2D eigenvalue weighted by molar-refractivity contribution is 0.0903. The zero-order chi connectivity index (χ0) is 15.5. The van der Waals surface area contributed by atoms with Crippen LogP contribution in [0.4, 0.5) is 5.95 Å². The molecule has 7 nitrogen and oxygen atoms in total. The zero-order valence-corrected chi connectivity index (χ0v) is 12.3. The van der Waals surface area contributed by atoms with E-state index in [4.69, 9.17) is 4.42 Å². The second-order valence-electron chi connectivity index (χ2n) is 5.42. The number of rotatable bonds is 3. The van der Waals surface area contributed by atoms with Crippen LogP contribution in [0.5, 0.6) is 0 Å². The molecule has 0 atom stereocenters. The summed E-state index contributed by atoms with van der Waals surface area (Å²) in [6, 6.07) is 4.91. The summed E-state index contributed by atoms with van der Waals surface area (Å²) in [5, 5.41) is 2.96. The highest BCUT2D eigenvalue weighted by Crippen LogP contribution is 2.16. The Morgan fingerprint density at radius 2 is 2.23 bits per heavy atom. The first kappa shape index (κ1) is 14.4. The van der Waals surface area contributed by atoms with Crippen LogP contribution in [0.2, 0.25) is 0 Å². The summed E-state index contributed by atoms with van der Waals surface area (Å²) >= 11 is 0. The van der Waals surface area contributed by atoms with Crippen molar-refractivity contribution in [1.29, 1.82) is 0 Å². The van der Waals surface area contributed by atoms with Crippen molar-refractivity contribution in [3.05, 3.63) is 46.3 Å². The average molecular weight is 302 g/mol. The Morgan fingerprint density at radius 3 is 2.86 bits per heavy atom. The molecule has 0 radical (unpaired) electrons. The van der Waals surface area contributed by atoms with Gasteiger partial charge in [-0.15, -0.1) is 0 Å². The standard InChI is InChI=1S/C15H18N4O3/c1-10-9-13(20)18-15(16-10)19-6-4-11(5-7-19)17-14(21)12-3-2-8-22-12/h2-3,8-9,11H,4-7H2,1H3,(H,17,21)(H,16,18,20). The van der Waals surface area contributed by atoms with Gasteiger partial charge in [-0.25, -0.2) is 4.98 Å². The lowest BCUT2D eigenvalue weighted by atomic mass is 10.1. The molecule has 0 aromatic carbocycles. The second kappa shape index (κ2) is 6.05. The normalized spacial score (nSPS) is 15.8. The number of H-pyrrole nitrogens is 1. The van der Waals surface area contributed by atoms with E-state index in [-0.39, 0.29) is 17.5 Å². The number of furan rings is 1. The van der Waals surface area contributed by atoms with Crippen LogP contribution in [0.15, 0.2) is 33.7 Å². The molecule has 2 N–H and O–H groups in total. The molecular formula is C15H18N4O3. The summed E-state index contributed by atoms with van der Waals surface area (Å²) in [6.07, 6.45) is 3.07. The van der Waals surface area contributed by atoms with E-state index in [1.54, 1.807) is 19.1 Å². The maximum absolute atomic E-state index is 11.9. The highest BCUT2D eigenvalue weighted by Gasteiger charge is 2.23. The number of aromatic nitrogens is 2. The summed E-state index contributed by atoms with van der Waals surface area (Å²) in [6.45, 7) is 3.26. The average Bonchev–Trinajstić information content (AvgIpc) is 3.01. The maximum atomic E-state index is 11.9. The van der Waals surface area contributed by atoms with Gasteiger partial charge in [0.25, 0.3) is 11.5 Å². The number of carbonyl (C=O) groups is 1. The molecule has 1 fully saturated rings. The van der Waals surface area contributed by atoms with Gasteiger partial charge in [-0.2, -0.15) is 0 Å². The van der Waals surface area contributed by atoms with Crippen LogP contribution in [0, 0.1) is 6.92 Å². The minimum absolute atomic E-state index is 0.102. The highest BCUT2D eigenvalue weighted by atomic mass is 16.3. The number of anilines is 1. The summed E-state index contributed by atoms with van der Waals surface area (Å²) < 4.78 is 5.08. The van der Waals surface area contributed by atoms with Gasteiger partial charge in [-0.1, -0.05) is 0 Å². The molecule has 116 valence electrons. The van der Waals surface area contributed by atoms with Crippen LogP contribution in [-0.4, -0.2) is 35.0 Å². The molecular weight excluding hydrogens is 284 g/mol. The first-order valence-corrected chi connectivity index (χ1v) is 7.29. The molecule has 22 heavy (non-hydrogen) atoms. The van der Waals surface area contributed by atoms with Crippen LogP contribution >= 0.6 is 0 Å². The van der Waals surface area contributed by atoms with Crippen LogP contribution < -0.4 is 15.8 Å². The molecule has 1 aliphatic rings. The van der Waals surface area contributed by atoms with Crippen molar-refractivity contribution in [2.75, 3.05) is 18.0 Å². The summed E-state index contributed by atoms with van der Waals surface area (Å²) in [7, 11) is 0. The number of carbonyl (C=O) groups excluding carboxylic acids is 1. The lowest BCUT2D eigenvalue weighted by Crippen LogP contribution is -2.45. The number of nitrogens with one attached hydrogen (secondary N) is 2. The van der Waals surface area contributed by atoms with E-state index < -0.39 is 0 Å². The molecule has 3 rings (SSSR count). The van der Waals surface area contributed by atoms with Gasteiger partial charge in [0.15, 0.2) is 5.76 Å². The number of aromatic amines is 1. The van der Waals surface area contributed by atoms with Crippen LogP contribution in [0.3, 0.4) is 0 Å². The fraction of sp³-hybridized carbons (Fsp3) is 0.400. The van der Waals surface area contributed by atoms with Gasteiger partial charge < -0.3 is 14.6 Å². The van der Waals surface area contributed by atoms with Crippen molar-refractivity contribution in [2.24, 2.45) is 0 Å². The van der Waals surface area contributed by atoms with Gasteiger partial charge in [0.2, 0.25) is 5.95 Å². The Hall–Kier alpha value is -2.57. The lowest BCUT2D eigenvalue weighted by Gasteiger charge is -2.32. The van der Waals surface area contributed by atoms with Crippen molar-refractivity contribution in [3.63, 3.8) is 0 Å². The summed E-state index contributed by atoms with van der Waals surface area (Å²) in [5.74, 6) is 0.735. The van der Waals surface area contributed by atoms with E-state index in [0.717, 1.165) is 25.9 Å². The predicted molar refractivity (Wildman–Crippen MR) is 81.0 cm³/mol. The SMILES string of the molecule is Cc1cc(=O)[nH]c(N2CCC(NC(=O)c3ccco3)CC2)n1. The highest BCUT2D eigenvalue weighted by molar-refractivity contribution is 5.91. The van der Waals surface area contributed by atoms with Crippen molar-refractivity contribution >= 4 is 11.9 Å². The third-order valence-corrected chi connectivity index (χ3v) is 3.73. The topological polar surface area (TPSA) is 91.2 Å². The van der Waals surface area contributed by atoms with E-state index >= 15 is 0 Å². The van der Waals surface area contributed by atoms with Gasteiger partial charge in [-0.3, -0.25) is 14.6 Å². The molecule has 2 aromatic rings. The molecule has 7 heteroatoms. The quantitative estimate of drug-likeness (QED) is 0.885. The Labute approximate surface area is 127 Å². The summed E-state index contributed by atoms with van der Waals surface area (Å²) in [5.41, 5.74) is 0.558. The third kappa shape index (κ3) is 3.19. The molecule has 1 aliphatic heterocycles. The molecule has 0 saturated carbocycles. The van der Waals surface area contributed by atoms with E-state index in [1.165, 1.54) is 12.3 Å². The molecule has 0 aliphatic carbocycles. The fourth-order valence-electron chi connectivity index (χ4n) is 2.61. The minimum atomic E-state index is -0.189. The van der Waals surface area contributed by atoms with E-state index in [0.29, 0.717) is 17.4 Å². The smallest absolute Gasteiger partial charge is 0.287 e. The molecule has 1 amide bonds. The van der Waals surface area contributed by atoms with Gasteiger partial charge in [-0.05, 0) is 31.9 Å². The Morgan fingerprint density at radius 1 is 1.45 bits per heavy atom. The molecule has 3 heterocycles. The van der Waals surface area contributed by atoms with Gasteiger partial charge in [0.1, 0.15) is 0 Å². The molecule has 0 spiro atoms. The number of nitrogens with zero attached hydrogens (tertiary/aromatic N) is 2. The second-order valence-corrected chi connectivity index (χ2v) is 5.42. The van der Waals surface area contributed by atoms with E-state index in [2.05, 4.69) is 15.3 Å². The van der Waals surface area contributed by atoms with E-state index in [1.807, 2.05) is 4.90 Å². The van der Waals surface area contributed by atoms with Gasteiger partial charge >= 0.3 is 0 Å². The number of amides is 1. The molecule has 0 unspecified atom stereocenters. The van der Waals surface area contributed by atoms with Crippen LogP contribution in [-0.2, 0) is 0 Å². The zero-order valence-electron chi connectivity index (χ0n) is 12.3. The van der Waals surface area contributed by atoms with Gasteiger partial charge in [0.05, 0.1) is 6.26 Å². The Bertz CT molecular complexity index is 700. The fourth-order valence-corrected chi connectivity index (χ4v) is 2.61. The number of piperidine rings is 1. The minimum Gasteiger partial charge on any atom is -0.459 e. The molecule has 1 saturated heterocycles. The summed E-state index contributed by atoms with van der Waals surface area (Å²) in [4.78, 5) is 32.6. The number of hydrogen-bond acceptors (Lipinski definition) is 5. The third-order valence-electron chi connectivity index (χ3n) is 3.73.